The van der Waals surface area contributed by atoms with Crippen molar-refractivity contribution < 1.29 is 19.1 Å². The zero-order valence-electron chi connectivity index (χ0n) is 23.9. The normalized spacial score (nSPS) is 12.6. The second-order valence-electron chi connectivity index (χ2n) is 10.6. The van der Waals surface area contributed by atoms with E-state index in [2.05, 4.69) is 41.7 Å². The van der Waals surface area contributed by atoms with E-state index in [1.807, 2.05) is 26.0 Å². The molecule has 0 fully saturated rings. The van der Waals surface area contributed by atoms with E-state index < -0.39 is 12.1 Å². The van der Waals surface area contributed by atoms with Gasteiger partial charge < -0.3 is 31.7 Å². The lowest BCUT2D eigenvalue weighted by molar-refractivity contribution is -0.132. The van der Waals surface area contributed by atoms with Crippen LogP contribution in [0.3, 0.4) is 0 Å². The highest BCUT2D eigenvalue weighted by Crippen LogP contribution is 2.13. The van der Waals surface area contributed by atoms with Gasteiger partial charge in [0.05, 0.1) is 12.4 Å². The molecule has 0 aliphatic carbocycles. The number of benzene rings is 1. The van der Waals surface area contributed by atoms with Crippen LogP contribution in [0, 0.1) is 11.8 Å². The van der Waals surface area contributed by atoms with Gasteiger partial charge in [0.2, 0.25) is 17.7 Å². The lowest BCUT2D eigenvalue weighted by atomic mass is 10.0. The van der Waals surface area contributed by atoms with Crippen LogP contribution >= 0.6 is 0 Å². The Morgan fingerprint density at radius 2 is 1.61 bits per heavy atom. The number of rotatable bonds is 19. The highest BCUT2D eigenvalue weighted by Gasteiger charge is 2.28. The minimum atomic E-state index is -0.789. The topological polar surface area (TPSA) is 135 Å². The van der Waals surface area contributed by atoms with E-state index in [-0.39, 0.29) is 23.6 Å². The third kappa shape index (κ3) is 14.0. The fraction of sp³-hybridized carbons (Fsp3) is 0.621. The molecular formula is C29H49N5O4. The maximum Gasteiger partial charge on any atom is 0.246 e. The molecule has 0 saturated carbocycles. The first kappa shape index (κ1) is 33.0. The molecule has 0 aliphatic heterocycles. The van der Waals surface area contributed by atoms with Gasteiger partial charge in [0.25, 0.3) is 0 Å². The predicted octanol–water partition coefficient (Wildman–Crippen LogP) is 3.80. The van der Waals surface area contributed by atoms with Crippen LogP contribution in [0.2, 0.25) is 0 Å². The molecule has 1 aromatic carbocycles. The number of carbonyl (C=O) groups excluding carboxylic acids is 3. The maximum atomic E-state index is 13.2. The summed E-state index contributed by atoms with van der Waals surface area (Å²) in [5.41, 5.74) is 7.17. The van der Waals surface area contributed by atoms with E-state index in [1.165, 1.54) is 0 Å². The molecule has 0 radical (unpaired) electrons. The second kappa shape index (κ2) is 18.2. The maximum absolute atomic E-state index is 13.2. The molecule has 0 aromatic heterocycles. The third-order valence-electron chi connectivity index (χ3n) is 6.14. The van der Waals surface area contributed by atoms with Crippen molar-refractivity contribution in [3.8, 4) is 0 Å². The number of methoxy groups -OCH3 is 1. The van der Waals surface area contributed by atoms with Gasteiger partial charge in [-0.15, -0.1) is 0 Å². The molecule has 1 aromatic rings. The molecule has 0 heterocycles. The Labute approximate surface area is 228 Å². The van der Waals surface area contributed by atoms with E-state index in [0.29, 0.717) is 49.8 Å². The number of amides is 3. The monoisotopic (exact) mass is 531 g/mol. The van der Waals surface area contributed by atoms with Gasteiger partial charge in [0.1, 0.15) is 12.1 Å². The summed E-state index contributed by atoms with van der Waals surface area (Å²) in [6.07, 6.45) is 5.36. The van der Waals surface area contributed by atoms with Gasteiger partial charge in [-0.2, -0.15) is 0 Å². The van der Waals surface area contributed by atoms with Crippen molar-refractivity contribution in [1.29, 1.82) is 0 Å². The van der Waals surface area contributed by atoms with Gasteiger partial charge in [-0.1, -0.05) is 65.7 Å². The molecule has 2 atom stereocenters. The first-order valence-electron chi connectivity index (χ1n) is 13.7. The molecule has 0 bridgehead atoms. The number of anilines is 1. The van der Waals surface area contributed by atoms with Gasteiger partial charge in [-0.25, -0.2) is 0 Å². The van der Waals surface area contributed by atoms with Crippen molar-refractivity contribution in [2.75, 3.05) is 19.0 Å². The molecule has 0 aliphatic rings. The number of ether oxygens (including phenoxy) is 1. The van der Waals surface area contributed by atoms with Crippen LogP contribution in [0.4, 0.5) is 5.69 Å². The van der Waals surface area contributed by atoms with Crippen molar-refractivity contribution in [2.45, 2.75) is 91.3 Å². The van der Waals surface area contributed by atoms with Crippen molar-refractivity contribution in [1.82, 2.24) is 16.0 Å². The molecular weight excluding hydrogens is 482 g/mol. The van der Waals surface area contributed by atoms with Crippen molar-refractivity contribution in [2.24, 2.45) is 17.6 Å². The van der Waals surface area contributed by atoms with Crippen LogP contribution in [-0.2, 0) is 25.7 Å². The molecule has 3 amide bonds. The second-order valence-corrected chi connectivity index (χ2v) is 10.6. The Morgan fingerprint density at radius 3 is 2.18 bits per heavy atom. The number of carbonyl (C=O) groups is 3. The van der Waals surface area contributed by atoms with Crippen LogP contribution in [-0.4, -0.2) is 43.5 Å². The summed E-state index contributed by atoms with van der Waals surface area (Å²) in [6, 6.07) is 5.81. The zero-order chi connectivity index (χ0) is 28.5. The van der Waals surface area contributed by atoms with Crippen molar-refractivity contribution in [3.05, 3.63) is 42.2 Å². The Bertz CT molecular complexity index is 870. The largest absolute Gasteiger partial charge is 0.386 e. The van der Waals surface area contributed by atoms with Crippen molar-refractivity contribution in [3.63, 3.8) is 0 Å². The first-order valence-corrected chi connectivity index (χ1v) is 13.7. The molecule has 0 spiro atoms. The van der Waals surface area contributed by atoms with E-state index in [4.69, 9.17) is 10.5 Å². The molecule has 9 nitrogen and oxygen atoms in total. The highest BCUT2D eigenvalue weighted by atomic mass is 16.5. The van der Waals surface area contributed by atoms with E-state index in [1.54, 1.807) is 19.2 Å². The number of unbranched alkanes of at least 4 members (excludes halogenated alkanes) is 2. The van der Waals surface area contributed by atoms with Crippen LogP contribution in [0.15, 0.2) is 36.7 Å². The molecule has 38 heavy (non-hydrogen) atoms. The molecule has 9 heteroatoms. The van der Waals surface area contributed by atoms with E-state index in [9.17, 15) is 14.4 Å². The standard InChI is InChI=1S/C29H49N5O4/c1-20(2)11-8-7-9-13-26(35)34-27(21(3)4)29(37)33-25(12-10-18-31-22(5)30)28(36)32-24-16-14-23(15-17-24)19-38-6/h14-17,20-21,25,27,31H,5,7-13,18-19,30H2,1-4,6H3,(H,32,36)(H,33,37)(H,34,35)/t25-,27-/m0/s1. The van der Waals surface area contributed by atoms with Gasteiger partial charge in [0, 0.05) is 25.8 Å². The predicted molar refractivity (Wildman–Crippen MR) is 153 cm³/mol. The fourth-order valence-electron chi connectivity index (χ4n) is 3.96. The number of nitrogens with two attached hydrogens (primary N) is 1. The Hall–Kier alpha value is -3.07. The number of nitrogens with one attached hydrogen (secondary N) is 4. The van der Waals surface area contributed by atoms with Crippen LogP contribution in [0.25, 0.3) is 0 Å². The van der Waals surface area contributed by atoms with Gasteiger partial charge >= 0.3 is 0 Å². The van der Waals surface area contributed by atoms with Gasteiger partial charge in [-0.05, 0) is 48.8 Å². The average molecular weight is 532 g/mol. The Kier molecular flexibility index (Phi) is 15.8. The minimum Gasteiger partial charge on any atom is -0.386 e. The summed E-state index contributed by atoms with van der Waals surface area (Å²) >= 11 is 0. The quantitative estimate of drug-likeness (QED) is 0.172. The third-order valence-corrected chi connectivity index (χ3v) is 6.14. The van der Waals surface area contributed by atoms with Crippen LogP contribution in [0.1, 0.15) is 78.2 Å². The molecule has 0 unspecified atom stereocenters. The number of hydrogen-bond donors (Lipinski definition) is 5. The van der Waals surface area contributed by atoms with Crippen molar-refractivity contribution >= 4 is 23.4 Å². The summed E-state index contributed by atoms with van der Waals surface area (Å²) in [7, 11) is 1.62. The van der Waals surface area contributed by atoms with Crippen LogP contribution < -0.4 is 27.0 Å². The summed E-state index contributed by atoms with van der Waals surface area (Å²) in [4.78, 5) is 38.9. The SMILES string of the molecule is C=C(N)NCCC[C@H](NC(=O)[C@@H](NC(=O)CCCCCC(C)C)C(C)C)C(=O)Nc1ccc(COC)cc1. The number of hydrogen-bond acceptors (Lipinski definition) is 6. The lowest BCUT2D eigenvalue weighted by Crippen LogP contribution is -2.54. The van der Waals surface area contributed by atoms with E-state index >= 15 is 0 Å². The fourth-order valence-corrected chi connectivity index (χ4v) is 3.96. The summed E-state index contributed by atoms with van der Waals surface area (Å²) in [5, 5.41) is 11.6. The minimum absolute atomic E-state index is 0.140. The average Bonchev–Trinajstić information content (AvgIpc) is 2.84. The Balaban J connectivity index is 2.80. The molecule has 0 saturated heterocycles. The molecule has 6 N–H and O–H groups in total. The smallest absolute Gasteiger partial charge is 0.246 e. The summed E-state index contributed by atoms with van der Waals surface area (Å²) in [6.45, 7) is 12.7. The molecule has 214 valence electrons. The highest BCUT2D eigenvalue weighted by molar-refractivity contribution is 5.98. The molecule has 1 rings (SSSR count). The lowest BCUT2D eigenvalue weighted by Gasteiger charge is -2.25. The zero-order valence-corrected chi connectivity index (χ0v) is 23.9. The summed E-state index contributed by atoms with van der Waals surface area (Å²) < 4.78 is 5.13. The first-order chi connectivity index (χ1) is 18.0. The van der Waals surface area contributed by atoms with Crippen LogP contribution in [0.5, 0.6) is 0 Å². The Morgan fingerprint density at radius 1 is 0.921 bits per heavy atom. The van der Waals surface area contributed by atoms with E-state index in [0.717, 1.165) is 31.2 Å². The van der Waals surface area contributed by atoms with Gasteiger partial charge in [-0.3, -0.25) is 14.4 Å². The van der Waals surface area contributed by atoms with Gasteiger partial charge in [0.15, 0.2) is 0 Å². The summed E-state index contributed by atoms with van der Waals surface area (Å²) in [5.74, 6) is 0.00890.